The monoisotopic (exact) mass is 217 g/mol. The average molecular weight is 217 g/mol. The first-order valence-electron chi connectivity index (χ1n) is 5.09. The fourth-order valence-electron chi connectivity index (χ4n) is 1.60. The van der Waals surface area contributed by atoms with Gasteiger partial charge in [-0.15, -0.1) is 0 Å². The van der Waals surface area contributed by atoms with Crippen molar-refractivity contribution in [2.45, 2.75) is 18.8 Å². The zero-order valence-corrected chi connectivity index (χ0v) is 8.64. The van der Waals surface area contributed by atoms with Crippen molar-refractivity contribution >= 4 is 5.97 Å². The van der Waals surface area contributed by atoms with Crippen molar-refractivity contribution in [3.8, 4) is 11.8 Å². The van der Waals surface area contributed by atoms with Gasteiger partial charge in [0.05, 0.1) is 11.6 Å². The third-order valence-electron chi connectivity index (χ3n) is 2.51. The number of aliphatic carboxylic acids is 1. The molecule has 0 saturated heterocycles. The van der Waals surface area contributed by atoms with Crippen LogP contribution in [0.2, 0.25) is 0 Å². The van der Waals surface area contributed by atoms with Crippen molar-refractivity contribution in [1.82, 2.24) is 0 Å². The highest BCUT2D eigenvalue weighted by Gasteiger charge is 2.27. The van der Waals surface area contributed by atoms with E-state index >= 15 is 0 Å². The predicted molar refractivity (Wildman–Crippen MR) is 56.3 cm³/mol. The van der Waals surface area contributed by atoms with Crippen LogP contribution in [0.25, 0.3) is 0 Å². The van der Waals surface area contributed by atoms with Gasteiger partial charge in [-0.05, 0) is 42.5 Å². The molecular formula is C12H11NO3. The highest BCUT2D eigenvalue weighted by Crippen LogP contribution is 2.44. The smallest absolute Gasteiger partial charge is 0.341 e. The maximum absolute atomic E-state index is 10.4. The number of rotatable bonds is 4. The van der Waals surface area contributed by atoms with Gasteiger partial charge in [0.15, 0.2) is 6.61 Å². The van der Waals surface area contributed by atoms with Gasteiger partial charge >= 0.3 is 5.97 Å². The minimum Gasteiger partial charge on any atom is -0.482 e. The van der Waals surface area contributed by atoms with E-state index in [0.29, 0.717) is 17.2 Å². The van der Waals surface area contributed by atoms with Gasteiger partial charge in [-0.2, -0.15) is 5.26 Å². The van der Waals surface area contributed by atoms with E-state index < -0.39 is 5.97 Å². The molecule has 1 saturated carbocycles. The number of ether oxygens (including phenoxy) is 1. The van der Waals surface area contributed by atoms with Crippen molar-refractivity contribution in [2.24, 2.45) is 0 Å². The van der Waals surface area contributed by atoms with Gasteiger partial charge < -0.3 is 9.84 Å². The summed E-state index contributed by atoms with van der Waals surface area (Å²) in [5.74, 6) is 0.0205. The lowest BCUT2D eigenvalue weighted by molar-refractivity contribution is -0.139. The molecule has 0 aliphatic heterocycles. The number of carbonyl (C=O) groups is 1. The van der Waals surface area contributed by atoms with Gasteiger partial charge in [0, 0.05) is 0 Å². The maximum Gasteiger partial charge on any atom is 0.341 e. The summed E-state index contributed by atoms with van der Waals surface area (Å²) in [6.07, 6.45) is 2.16. The van der Waals surface area contributed by atoms with Crippen molar-refractivity contribution < 1.29 is 14.6 Å². The summed E-state index contributed by atoms with van der Waals surface area (Å²) in [7, 11) is 0. The molecule has 0 spiro atoms. The summed E-state index contributed by atoms with van der Waals surface area (Å²) in [5, 5.41) is 17.3. The van der Waals surface area contributed by atoms with E-state index in [-0.39, 0.29) is 6.61 Å². The number of hydrogen-bond donors (Lipinski definition) is 1. The van der Waals surface area contributed by atoms with Crippen LogP contribution in [0.3, 0.4) is 0 Å². The molecule has 0 unspecified atom stereocenters. The van der Waals surface area contributed by atoms with Crippen LogP contribution in [0.5, 0.6) is 5.75 Å². The molecule has 0 atom stereocenters. The molecule has 4 heteroatoms. The minimum absolute atomic E-state index is 0.342. The highest BCUT2D eigenvalue weighted by molar-refractivity contribution is 5.68. The van der Waals surface area contributed by atoms with E-state index in [1.54, 1.807) is 18.2 Å². The highest BCUT2D eigenvalue weighted by atomic mass is 16.5. The molecule has 0 aromatic heterocycles. The van der Waals surface area contributed by atoms with Crippen LogP contribution in [-0.2, 0) is 4.79 Å². The Labute approximate surface area is 93.1 Å². The maximum atomic E-state index is 10.4. The first-order valence-corrected chi connectivity index (χ1v) is 5.09. The van der Waals surface area contributed by atoms with Crippen molar-refractivity contribution in [2.75, 3.05) is 6.61 Å². The number of carboxylic acid groups (broad SMARTS) is 1. The van der Waals surface area contributed by atoms with Crippen molar-refractivity contribution in [1.29, 1.82) is 5.26 Å². The molecule has 0 heterocycles. The van der Waals surface area contributed by atoms with Crippen molar-refractivity contribution in [3.63, 3.8) is 0 Å². The molecule has 1 aliphatic rings. The standard InChI is InChI=1S/C12H11NO3/c13-6-8-1-4-11(16-7-12(14)15)10(5-8)9-2-3-9/h1,4-5,9H,2-3,7H2,(H,14,15). The first kappa shape index (κ1) is 10.5. The molecule has 1 aromatic carbocycles. The number of nitriles is 1. The summed E-state index contributed by atoms with van der Waals surface area (Å²) >= 11 is 0. The van der Waals surface area contributed by atoms with Gasteiger partial charge in [-0.3, -0.25) is 0 Å². The lowest BCUT2D eigenvalue weighted by Gasteiger charge is -2.09. The van der Waals surface area contributed by atoms with E-state index in [4.69, 9.17) is 15.1 Å². The van der Waals surface area contributed by atoms with Crippen LogP contribution < -0.4 is 4.74 Å². The molecule has 2 rings (SSSR count). The molecule has 82 valence electrons. The molecule has 0 bridgehead atoms. The Hall–Kier alpha value is -2.02. The molecular weight excluding hydrogens is 206 g/mol. The Kier molecular flexibility index (Phi) is 2.78. The normalized spacial score (nSPS) is 14.2. The van der Waals surface area contributed by atoms with Crippen LogP contribution in [-0.4, -0.2) is 17.7 Å². The Bertz CT molecular complexity index is 458. The number of benzene rings is 1. The quantitative estimate of drug-likeness (QED) is 0.836. The fraction of sp³-hybridized carbons (Fsp3) is 0.333. The van der Waals surface area contributed by atoms with E-state index in [0.717, 1.165) is 18.4 Å². The molecule has 1 N–H and O–H groups in total. The van der Waals surface area contributed by atoms with Gasteiger partial charge in [0.25, 0.3) is 0 Å². The van der Waals surface area contributed by atoms with Gasteiger partial charge in [0.1, 0.15) is 5.75 Å². The Morgan fingerprint density at radius 3 is 2.88 bits per heavy atom. The van der Waals surface area contributed by atoms with Gasteiger partial charge in [-0.1, -0.05) is 0 Å². The molecule has 1 fully saturated rings. The summed E-state index contributed by atoms with van der Waals surface area (Å²) in [6, 6.07) is 7.17. The molecule has 1 aromatic rings. The van der Waals surface area contributed by atoms with Crippen molar-refractivity contribution in [3.05, 3.63) is 29.3 Å². The SMILES string of the molecule is N#Cc1ccc(OCC(=O)O)c(C2CC2)c1. The lowest BCUT2D eigenvalue weighted by Crippen LogP contribution is -2.10. The Morgan fingerprint density at radius 2 is 2.31 bits per heavy atom. The molecule has 1 aliphatic carbocycles. The first-order chi connectivity index (χ1) is 7.70. The molecule has 0 radical (unpaired) electrons. The lowest BCUT2D eigenvalue weighted by atomic mass is 10.1. The second kappa shape index (κ2) is 4.23. The van der Waals surface area contributed by atoms with Crippen LogP contribution in [0.15, 0.2) is 18.2 Å². The summed E-state index contributed by atoms with van der Waals surface area (Å²) in [6.45, 7) is -0.342. The van der Waals surface area contributed by atoms with Gasteiger partial charge in [-0.25, -0.2) is 4.79 Å². The Balaban J connectivity index is 2.22. The topological polar surface area (TPSA) is 70.3 Å². The summed E-state index contributed by atoms with van der Waals surface area (Å²) in [4.78, 5) is 10.4. The zero-order chi connectivity index (χ0) is 11.5. The molecule has 0 amide bonds. The van der Waals surface area contributed by atoms with Crippen LogP contribution in [0.4, 0.5) is 0 Å². The van der Waals surface area contributed by atoms with E-state index in [9.17, 15) is 4.79 Å². The molecule has 4 nitrogen and oxygen atoms in total. The van der Waals surface area contributed by atoms with E-state index in [1.807, 2.05) is 0 Å². The van der Waals surface area contributed by atoms with E-state index in [2.05, 4.69) is 6.07 Å². The minimum atomic E-state index is -0.994. The number of carboxylic acids is 1. The third kappa shape index (κ3) is 2.31. The second-order valence-corrected chi connectivity index (χ2v) is 3.82. The number of hydrogen-bond acceptors (Lipinski definition) is 3. The largest absolute Gasteiger partial charge is 0.482 e. The van der Waals surface area contributed by atoms with Crippen LogP contribution in [0.1, 0.15) is 29.9 Å². The van der Waals surface area contributed by atoms with E-state index in [1.165, 1.54) is 0 Å². The summed E-state index contributed by atoms with van der Waals surface area (Å²) < 4.78 is 5.19. The predicted octanol–water partition coefficient (Wildman–Crippen LogP) is 1.90. The third-order valence-corrected chi connectivity index (χ3v) is 2.51. The fourth-order valence-corrected chi connectivity index (χ4v) is 1.60. The Morgan fingerprint density at radius 1 is 1.56 bits per heavy atom. The summed E-state index contributed by atoms with van der Waals surface area (Å²) in [5.41, 5.74) is 1.55. The van der Waals surface area contributed by atoms with Crippen LogP contribution in [0, 0.1) is 11.3 Å². The second-order valence-electron chi connectivity index (χ2n) is 3.82. The zero-order valence-electron chi connectivity index (χ0n) is 8.64. The average Bonchev–Trinajstić information content (AvgIpc) is 3.10. The number of nitrogens with zero attached hydrogens (tertiary/aromatic N) is 1. The van der Waals surface area contributed by atoms with Crippen LogP contribution >= 0.6 is 0 Å². The van der Waals surface area contributed by atoms with Gasteiger partial charge in [0.2, 0.25) is 0 Å². The molecule has 16 heavy (non-hydrogen) atoms.